The molecule has 1 fully saturated rings. The number of aliphatic hydroxyl groups is 1. The Bertz CT molecular complexity index is 1580. The zero-order chi connectivity index (χ0) is 26.3. The highest BCUT2D eigenvalue weighted by Crippen LogP contribution is 2.46. The van der Waals surface area contributed by atoms with E-state index in [0.29, 0.717) is 21.5 Å². The molecule has 1 aliphatic rings. The number of halogens is 1. The van der Waals surface area contributed by atoms with Crippen molar-refractivity contribution in [3.8, 4) is 17.2 Å². The number of methoxy groups -OCH3 is 1. The Hall–Kier alpha value is -4.44. The second-order valence-corrected chi connectivity index (χ2v) is 9.18. The van der Waals surface area contributed by atoms with Crippen molar-refractivity contribution in [2.24, 2.45) is 0 Å². The second kappa shape index (κ2) is 9.55. The summed E-state index contributed by atoms with van der Waals surface area (Å²) in [7, 11) is 1.47. The SMILES string of the molecule is CCOc1cc(C2C(=C(O)c3cccc(OC)c3)C(=O)C(=O)N2c2nc3ccc(F)cc3s2)ccc1O. The zero-order valence-electron chi connectivity index (χ0n) is 19.8. The molecule has 1 aromatic heterocycles. The number of aromatic hydroxyl groups is 1. The average molecular weight is 521 g/mol. The molecule has 2 heterocycles. The summed E-state index contributed by atoms with van der Waals surface area (Å²) in [6.07, 6.45) is 0. The van der Waals surface area contributed by atoms with Crippen LogP contribution in [0, 0.1) is 5.82 Å². The molecule has 1 aliphatic heterocycles. The standard InChI is InChI=1S/C27H21FN2O6S/c1-3-36-20-12-14(7-10-19(20)31)23-22(24(32)15-5-4-6-17(11-15)35-2)25(33)26(34)30(23)27-29-18-9-8-16(28)13-21(18)37-27/h4-13,23,31-32H,3H2,1-2H3. The number of carbonyl (C=O) groups excluding carboxylic acids is 2. The number of ketones is 1. The van der Waals surface area contributed by atoms with Crippen molar-refractivity contribution in [3.05, 3.63) is 83.2 Å². The van der Waals surface area contributed by atoms with Gasteiger partial charge in [0.15, 0.2) is 16.6 Å². The van der Waals surface area contributed by atoms with Crippen molar-refractivity contribution in [2.75, 3.05) is 18.6 Å². The predicted molar refractivity (Wildman–Crippen MR) is 137 cm³/mol. The van der Waals surface area contributed by atoms with E-state index in [9.17, 15) is 24.2 Å². The molecule has 1 atom stereocenters. The minimum atomic E-state index is -1.10. The molecular formula is C27H21FN2O6S. The second-order valence-electron chi connectivity index (χ2n) is 8.17. The Morgan fingerprint density at radius 1 is 1.14 bits per heavy atom. The number of Topliss-reactive ketones (excluding diaryl/α,β-unsaturated/α-hetero) is 1. The molecular weight excluding hydrogens is 499 g/mol. The zero-order valence-corrected chi connectivity index (χ0v) is 20.6. The van der Waals surface area contributed by atoms with Crippen LogP contribution in [0.5, 0.6) is 17.2 Å². The first kappa shape index (κ1) is 24.3. The number of thiazole rings is 1. The van der Waals surface area contributed by atoms with Gasteiger partial charge in [-0.05, 0) is 55.0 Å². The van der Waals surface area contributed by atoms with E-state index in [1.54, 1.807) is 31.2 Å². The topological polar surface area (TPSA) is 109 Å². The number of benzene rings is 3. The Morgan fingerprint density at radius 2 is 1.95 bits per heavy atom. The van der Waals surface area contributed by atoms with Crippen LogP contribution in [0.15, 0.2) is 66.2 Å². The smallest absolute Gasteiger partial charge is 0.301 e. The number of hydrogen-bond acceptors (Lipinski definition) is 8. The van der Waals surface area contributed by atoms with Gasteiger partial charge in [-0.15, -0.1) is 0 Å². The Labute approximate surface area is 214 Å². The maximum absolute atomic E-state index is 13.8. The summed E-state index contributed by atoms with van der Waals surface area (Å²) in [5.74, 6) is -2.19. The molecule has 3 aromatic carbocycles. The van der Waals surface area contributed by atoms with Gasteiger partial charge in [-0.3, -0.25) is 14.5 Å². The van der Waals surface area contributed by atoms with E-state index in [1.807, 2.05) is 0 Å². The lowest BCUT2D eigenvalue weighted by Gasteiger charge is -2.23. The number of anilines is 1. The van der Waals surface area contributed by atoms with Gasteiger partial charge in [-0.1, -0.05) is 29.5 Å². The third-order valence-corrected chi connectivity index (χ3v) is 6.95. The first-order chi connectivity index (χ1) is 17.8. The molecule has 0 saturated carbocycles. The number of rotatable bonds is 6. The van der Waals surface area contributed by atoms with Crippen LogP contribution >= 0.6 is 11.3 Å². The minimum Gasteiger partial charge on any atom is -0.507 e. The van der Waals surface area contributed by atoms with Crippen LogP contribution in [0.4, 0.5) is 9.52 Å². The quantitative estimate of drug-likeness (QED) is 0.205. The van der Waals surface area contributed by atoms with E-state index < -0.39 is 29.3 Å². The molecule has 0 aliphatic carbocycles. The van der Waals surface area contributed by atoms with E-state index in [1.165, 1.54) is 48.4 Å². The number of carbonyl (C=O) groups is 2. The van der Waals surface area contributed by atoms with Crippen LogP contribution in [0.3, 0.4) is 0 Å². The van der Waals surface area contributed by atoms with E-state index in [2.05, 4.69) is 4.98 Å². The number of phenols is 1. The fourth-order valence-corrected chi connectivity index (χ4v) is 5.25. The molecule has 0 bridgehead atoms. The number of nitrogens with zero attached hydrogens (tertiary/aromatic N) is 2. The highest BCUT2D eigenvalue weighted by molar-refractivity contribution is 7.22. The lowest BCUT2D eigenvalue weighted by atomic mass is 9.95. The van der Waals surface area contributed by atoms with E-state index >= 15 is 0 Å². The molecule has 4 aromatic rings. The summed E-state index contributed by atoms with van der Waals surface area (Å²) in [5, 5.41) is 21.7. The van der Waals surface area contributed by atoms with Crippen LogP contribution in [0.2, 0.25) is 0 Å². The summed E-state index contributed by atoms with van der Waals surface area (Å²) in [5.41, 5.74) is 0.959. The van der Waals surface area contributed by atoms with Gasteiger partial charge in [-0.25, -0.2) is 9.37 Å². The van der Waals surface area contributed by atoms with Gasteiger partial charge in [0.25, 0.3) is 5.78 Å². The van der Waals surface area contributed by atoms with Gasteiger partial charge in [0, 0.05) is 5.56 Å². The van der Waals surface area contributed by atoms with Gasteiger partial charge in [0.2, 0.25) is 0 Å². The highest BCUT2D eigenvalue weighted by Gasteiger charge is 2.48. The Balaban J connectivity index is 1.74. The van der Waals surface area contributed by atoms with E-state index in [4.69, 9.17) is 9.47 Å². The normalized spacial score (nSPS) is 16.9. The van der Waals surface area contributed by atoms with Crippen molar-refractivity contribution >= 4 is 44.1 Å². The maximum Gasteiger partial charge on any atom is 0.301 e. The average Bonchev–Trinajstić information content (AvgIpc) is 3.42. The summed E-state index contributed by atoms with van der Waals surface area (Å²) in [6, 6.07) is 13.8. The van der Waals surface area contributed by atoms with Gasteiger partial charge >= 0.3 is 5.91 Å². The van der Waals surface area contributed by atoms with Crippen LogP contribution in [0.25, 0.3) is 16.0 Å². The molecule has 0 radical (unpaired) electrons. The minimum absolute atomic E-state index is 0.120. The molecule has 1 amide bonds. The van der Waals surface area contributed by atoms with Gasteiger partial charge in [0.1, 0.15) is 17.3 Å². The Morgan fingerprint density at radius 3 is 2.70 bits per heavy atom. The number of ether oxygens (including phenoxy) is 2. The van der Waals surface area contributed by atoms with Gasteiger partial charge in [0.05, 0.1) is 35.5 Å². The first-order valence-electron chi connectivity index (χ1n) is 11.3. The maximum atomic E-state index is 13.8. The number of phenolic OH excluding ortho intramolecular Hbond substituents is 1. The van der Waals surface area contributed by atoms with Gasteiger partial charge in [-0.2, -0.15) is 0 Å². The number of hydrogen-bond donors (Lipinski definition) is 2. The number of fused-ring (bicyclic) bond motifs is 1. The van der Waals surface area contributed by atoms with Crippen molar-refractivity contribution in [1.29, 1.82) is 0 Å². The monoisotopic (exact) mass is 520 g/mol. The number of amides is 1. The molecule has 188 valence electrons. The summed E-state index contributed by atoms with van der Waals surface area (Å²) in [6.45, 7) is 2.02. The molecule has 1 unspecified atom stereocenters. The third kappa shape index (κ3) is 4.25. The molecule has 37 heavy (non-hydrogen) atoms. The van der Waals surface area contributed by atoms with Crippen molar-refractivity contribution in [3.63, 3.8) is 0 Å². The van der Waals surface area contributed by atoms with Gasteiger partial charge < -0.3 is 19.7 Å². The van der Waals surface area contributed by atoms with E-state index in [-0.39, 0.29) is 34.4 Å². The lowest BCUT2D eigenvalue weighted by molar-refractivity contribution is -0.132. The molecule has 5 rings (SSSR count). The summed E-state index contributed by atoms with van der Waals surface area (Å²) in [4.78, 5) is 32.4. The third-order valence-electron chi connectivity index (χ3n) is 5.93. The predicted octanol–water partition coefficient (Wildman–Crippen LogP) is 5.17. The number of aromatic nitrogens is 1. The Kier molecular flexibility index (Phi) is 6.26. The lowest BCUT2D eigenvalue weighted by Crippen LogP contribution is -2.29. The molecule has 2 N–H and O–H groups in total. The van der Waals surface area contributed by atoms with Crippen molar-refractivity contribution < 1.29 is 33.7 Å². The molecule has 1 saturated heterocycles. The van der Waals surface area contributed by atoms with E-state index in [0.717, 1.165) is 11.3 Å². The summed E-state index contributed by atoms with van der Waals surface area (Å²) >= 11 is 1.04. The largest absolute Gasteiger partial charge is 0.507 e. The fourth-order valence-electron chi connectivity index (χ4n) is 4.23. The fraction of sp³-hybridized carbons (Fsp3) is 0.148. The van der Waals surface area contributed by atoms with Crippen molar-refractivity contribution in [1.82, 2.24) is 4.98 Å². The molecule has 0 spiro atoms. The van der Waals surface area contributed by atoms with Crippen LogP contribution in [-0.4, -0.2) is 40.6 Å². The summed E-state index contributed by atoms with van der Waals surface area (Å²) < 4.78 is 25.1. The van der Waals surface area contributed by atoms with Crippen LogP contribution < -0.4 is 14.4 Å². The first-order valence-corrected chi connectivity index (χ1v) is 12.1. The van der Waals surface area contributed by atoms with Crippen LogP contribution in [-0.2, 0) is 9.59 Å². The molecule has 8 nitrogen and oxygen atoms in total. The highest BCUT2D eigenvalue weighted by atomic mass is 32.1. The molecule has 10 heteroatoms. The van der Waals surface area contributed by atoms with Crippen LogP contribution in [0.1, 0.15) is 24.1 Å². The van der Waals surface area contributed by atoms with Crippen molar-refractivity contribution in [2.45, 2.75) is 13.0 Å². The number of aliphatic hydroxyl groups excluding tert-OH is 1.